The zero-order chi connectivity index (χ0) is 17.1. The van der Waals surface area contributed by atoms with E-state index in [-0.39, 0.29) is 5.91 Å². The first-order chi connectivity index (χ1) is 11.6. The highest BCUT2D eigenvalue weighted by Crippen LogP contribution is 2.22. The van der Waals surface area contributed by atoms with E-state index in [2.05, 4.69) is 15.8 Å². The number of fused-ring (bicyclic) bond motifs is 1. The van der Waals surface area contributed by atoms with Gasteiger partial charge in [0.2, 0.25) is 0 Å². The highest BCUT2D eigenvalue weighted by molar-refractivity contribution is 7.98. The molecular formula is C18H17ClN2OS2. The van der Waals surface area contributed by atoms with Crippen molar-refractivity contribution in [1.29, 1.82) is 0 Å². The lowest BCUT2D eigenvalue weighted by molar-refractivity contribution is 0.0998. The first kappa shape index (κ1) is 17.3. The lowest BCUT2D eigenvalue weighted by Crippen LogP contribution is -2.18. The third kappa shape index (κ3) is 3.74. The zero-order valence-corrected chi connectivity index (χ0v) is 15.8. The van der Waals surface area contributed by atoms with Gasteiger partial charge in [0.25, 0.3) is 5.91 Å². The van der Waals surface area contributed by atoms with Crippen molar-refractivity contribution < 1.29 is 4.79 Å². The lowest BCUT2D eigenvalue weighted by atomic mass is 10.1. The second-order valence-electron chi connectivity index (χ2n) is 5.43. The number of hydrogen-bond acceptors (Lipinski definition) is 3. The van der Waals surface area contributed by atoms with E-state index >= 15 is 0 Å². The van der Waals surface area contributed by atoms with Gasteiger partial charge in [-0.2, -0.15) is 16.8 Å². The summed E-state index contributed by atoms with van der Waals surface area (Å²) in [7, 11) is 0. The summed E-state index contributed by atoms with van der Waals surface area (Å²) in [6.07, 6.45) is 2.07. The van der Waals surface area contributed by atoms with Crippen LogP contribution in [0, 0.1) is 6.92 Å². The predicted octanol–water partition coefficient (Wildman–Crippen LogP) is 4.77. The normalized spacial score (nSPS) is 12.0. The average Bonchev–Trinajstić information content (AvgIpc) is 2.89. The molecule has 0 aliphatic rings. The quantitative estimate of drug-likeness (QED) is 0.657. The number of halogens is 1. The zero-order valence-electron chi connectivity index (χ0n) is 13.5. The molecule has 1 amide bonds. The number of aryl methyl sites for hydroxylation is 2. The lowest BCUT2D eigenvalue weighted by Gasteiger charge is -2.04. The number of carbonyl (C=O) groups excluding carboxylic acids is 1. The number of nitrogens with zero attached hydrogens (tertiary/aromatic N) is 2. The van der Waals surface area contributed by atoms with E-state index in [0.717, 1.165) is 28.1 Å². The minimum atomic E-state index is -0.214. The molecule has 2 aromatic carbocycles. The van der Waals surface area contributed by atoms with Crippen LogP contribution in [0.5, 0.6) is 0 Å². The molecule has 0 saturated carbocycles. The van der Waals surface area contributed by atoms with E-state index in [0.29, 0.717) is 15.4 Å². The van der Waals surface area contributed by atoms with Crippen LogP contribution in [0.25, 0.3) is 10.2 Å². The molecular weight excluding hydrogens is 360 g/mol. The Morgan fingerprint density at radius 2 is 2.12 bits per heavy atom. The van der Waals surface area contributed by atoms with Crippen molar-refractivity contribution >= 4 is 50.8 Å². The number of rotatable bonds is 4. The van der Waals surface area contributed by atoms with Crippen molar-refractivity contribution in [3.8, 4) is 0 Å². The number of hydrogen-bond donors (Lipinski definition) is 0. The smallest absolute Gasteiger partial charge is 0.279 e. The maximum Gasteiger partial charge on any atom is 0.279 e. The number of benzene rings is 2. The Balaban J connectivity index is 2.11. The van der Waals surface area contributed by atoms with E-state index in [1.807, 2.05) is 43.3 Å². The monoisotopic (exact) mass is 376 g/mol. The Morgan fingerprint density at radius 3 is 2.88 bits per heavy atom. The van der Waals surface area contributed by atoms with Gasteiger partial charge in [0.1, 0.15) is 0 Å². The molecule has 0 unspecified atom stereocenters. The number of carbonyl (C=O) groups is 1. The summed E-state index contributed by atoms with van der Waals surface area (Å²) in [6.45, 7) is 2.78. The molecule has 0 radical (unpaired) electrons. The fraction of sp³-hybridized carbons (Fsp3) is 0.222. The standard InChI is InChI=1S/C18H17ClN2OS2/c1-12-4-3-5-13(10-12)17(22)20-18-21(8-9-23-2)15-7-6-14(19)11-16(15)24-18/h3-7,10-11H,8-9H2,1-2H3. The molecule has 0 fully saturated rings. The molecule has 0 aliphatic carbocycles. The molecule has 0 spiro atoms. The SMILES string of the molecule is CSCCn1c(=NC(=O)c2cccc(C)c2)sc2cc(Cl)ccc21. The van der Waals surface area contributed by atoms with Crippen LogP contribution in [-0.2, 0) is 6.54 Å². The minimum absolute atomic E-state index is 0.214. The minimum Gasteiger partial charge on any atom is -0.316 e. The van der Waals surface area contributed by atoms with Crippen molar-refractivity contribution in [1.82, 2.24) is 4.57 Å². The van der Waals surface area contributed by atoms with Crippen LogP contribution >= 0.6 is 34.7 Å². The third-order valence-corrected chi connectivity index (χ3v) is 5.49. The molecule has 0 bridgehead atoms. The van der Waals surface area contributed by atoms with Crippen LogP contribution in [0.2, 0.25) is 5.02 Å². The van der Waals surface area contributed by atoms with Crippen LogP contribution < -0.4 is 4.80 Å². The molecule has 0 aliphatic heterocycles. The van der Waals surface area contributed by atoms with E-state index in [1.54, 1.807) is 17.8 Å². The van der Waals surface area contributed by atoms with Gasteiger partial charge in [-0.3, -0.25) is 4.79 Å². The number of aromatic nitrogens is 1. The van der Waals surface area contributed by atoms with Crippen molar-refractivity contribution in [3.05, 3.63) is 63.4 Å². The fourth-order valence-corrected chi connectivity index (χ4v) is 4.16. The highest BCUT2D eigenvalue weighted by atomic mass is 35.5. The summed E-state index contributed by atoms with van der Waals surface area (Å²) in [5, 5.41) is 0.692. The fourth-order valence-electron chi connectivity index (χ4n) is 2.46. The van der Waals surface area contributed by atoms with Crippen LogP contribution in [-0.4, -0.2) is 22.5 Å². The van der Waals surface area contributed by atoms with Crippen LogP contribution in [0.3, 0.4) is 0 Å². The van der Waals surface area contributed by atoms with E-state index in [4.69, 9.17) is 11.6 Å². The Labute approximate surface area is 154 Å². The second-order valence-corrected chi connectivity index (χ2v) is 7.86. The molecule has 1 aromatic heterocycles. The predicted molar refractivity (Wildman–Crippen MR) is 104 cm³/mol. The summed E-state index contributed by atoms with van der Waals surface area (Å²) in [5.41, 5.74) is 2.73. The van der Waals surface area contributed by atoms with E-state index in [1.165, 1.54) is 11.3 Å². The van der Waals surface area contributed by atoms with Crippen molar-refractivity contribution in [2.75, 3.05) is 12.0 Å². The molecule has 24 heavy (non-hydrogen) atoms. The summed E-state index contributed by atoms with van der Waals surface area (Å²) in [6, 6.07) is 13.3. The summed E-state index contributed by atoms with van der Waals surface area (Å²) < 4.78 is 3.14. The van der Waals surface area contributed by atoms with Crippen molar-refractivity contribution in [2.45, 2.75) is 13.5 Å². The van der Waals surface area contributed by atoms with Crippen molar-refractivity contribution in [2.24, 2.45) is 4.99 Å². The second kappa shape index (κ2) is 7.55. The van der Waals surface area contributed by atoms with Gasteiger partial charge < -0.3 is 4.57 Å². The molecule has 0 atom stereocenters. The largest absolute Gasteiger partial charge is 0.316 e. The first-order valence-corrected chi connectivity index (χ1v) is 10.1. The number of thioether (sulfide) groups is 1. The van der Waals surface area contributed by atoms with Gasteiger partial charge in [-0.05, 0) is 43.5 Å². The maximum absolute atomic E-state index is 12.5. The van der Waals surface area contributed by atoms with Gasteiger partial charge in [-0.25, -0.2) is 0 Å². The average molecular weight is 377 g/mol. The van der Waals surface area contributed by atoms with Gasteiger partial charge >= 0.3 is 0 Å². The molecule has 0 N–H and O–H groups in total. The number of thiazole rings is 1. The van der Waals surface area contributed by atoms with Crippen molar-refractivity contribution in [3.63, 3.8) is 0 Å². The maximum atomic E-state index is 12.5. The molecule has 3 aromatic rings. The molecule has 124 valence electrons. The van der Waals surface area contributed by atoms with Crippen LogP contribution in [0.1, 0.15) is 15.9 Å². The Morgan fingerprint density at radius 1 is 1.29 bits per heavy atom. The van der Waals surface area contributed by atoms with Crippen LogP contribution in [0.15, 0.2) is 47.5 Å². The molecule has 3 rings (SSSR count). The Kier molecular flexibility index (Phi) is 5.43. The van der Waals surface area contributed by atoms with Gasteiger partial charge in [-0.1, -0.05) is 40.6 Å². The molecule has 3 nitrogen and oxygen atoms in total. The van der Waals surface area contributed by atoms with Gasteiger partial charge in [0, 0.05) is 22.9 Å². The Hall–Kier alpha value is -1.56. The molecule has 1 heterocycles. The number of amides is 1. The topological polar surface area (TPSA) is 34.4 Å². The molecule has 6 heteroatoms. The van der Waals surface area contributed by atoms with Gasteiger partial charge in [0.05, 0.1) is 10.2 Å². The van der Waals surface area contributed by atoms with Gasteiger partial charge in [-0.15, -0.1) is 0 Å². The Bertz CT molecular complexity index is 959. The third-order valence-electron chi connectivity index (χ3n) is 3.63. The van der Waals surface area contributed by atoms with Gasteiger partial charge in [0.15, 0.2) is 4.80 Å². The summed E-state index contributed by atoms with van der Waals surface area (Å²) in [4.78, 5) is 17.6. The first-order valence-electron chi connectivity index (χ1n) is 7.52. The van der Waals surface area contributed by atoms with Crippen LogP contribution in [0.4, 0.5) is 0 Å². The van der Waals surface area contributed by atoms with E-state index in [9.17, 15) is 4.79 Å². The van der Waals surface area contributed by atoms with E-state index < -0.39 is 0 Å². The highest BCUT2D eigenvalue weighted by Gasteiger charge is 2.09. The summed E-state index contributed by atoms with van der Waals surface area (Å²) >= 11 is 9.37. The summed E-state index contributed by atoms with van der Waals surface area (Å²) in [5.74, 6) is 0.745. The molecule has 0 saturated heterocycles.